The van der Waals surface area contributed by atoms with Gasteiger partial charge in [-0.3, -0.25) is 5.10 Å². The van der Waals surface area contributed by atoms with Crippen molar-refractivity contribution in [1.82, 2.24) is 15.2 Å². The zero-order valence-corrected chi connectivity index (χ0v) is 15.8. The summed E-state index contributed by atoms with van der Waals surface area (Å²) in [6, 6.07) is 3.71. The molecule has 0 spiro atoms. The molecule has 0 saturated carbocycles. The summed E-state index contributed by atoms with van der Waals surface area (Å²) in [6.45, 7) is 0. The number of hydrogen-bond acceptors (Lipinski definition) is 5. The van der Waals surface area contributed by atoms with Crippen LogP contribution in [-0.4, -0.2) is 29.1 Å². The lowest BCUT2D eigenvalue weighted by Crippen LogP contribution is -2.23. The van der Waals surface area contributed by atoms with Crippen molar-refractivity contribution in [2.45, 2.75) is 23.0 Å². The molecule has 31 heavy (non-hydrogen) atoms. The molecule has 0 unspecified atom stereocenters. The lowest BCUT2D eigenvalue weighted by atomic mass is 9.95. The van der Waals surface area contributed by atoms with Gasteiger partial charge in [0.05, 0.1) is 10.5 Å². The van der Waals surface area contributed by atoms with Gasteiger partial charge in [0, 0.05) is 12.0 Å². The first-order valence-corrected chi connectivity index (χ1v) is 9.66. The smallest absolute Gasteiger partial charge is 0.367 e. The predicted molar refractivity (Wildman–Crippen MR) is 93.7 cm³/mol. The third-order valence-corrected chi connectivity index (χ3v) is 5.64. The fourth-order valence-corrected chi connectivity index (χ4v) is 3.56. The molecule has 0 saturated heterocycles. The van der Waals surface area contributed by atoms with Crippen LogP contribution in [0.5, 0.6) is 0 Å². The molecular weight excluding hydrogens is 457 g/mol. The monoisotopic (exact) mass is 468 g/mol. The molecule has 14 heteroatoms. The molecule has 3 N–H and O–H groups in total. The molecule has 0 aliphatic rings. The second kappa shape index (κ2) is 7.51. The molecule has 0 radical (unpaired) electrons. The zero-order valence-electron chi connectivity index (χ0n) is 15.0. The van der Waals surface area contributed by atoms with E-state index in [1.807, 2.05) is 0 Å². The number of aromatic amines is 1. The standard InChI is InChI=1S/C17H11F7N4O2S/c18-12-6-8(7-13-26-15(25)28-27-13)5-11(16(19,20)21)14(12)9-1-3-10(4-2-9)31(29,30)17(22,23)24/h1-6H,7H2,(H3,25,26,27,28). The van der Waals surface area contributed by atoms with Crippen molar-refractivity contribution in [2.24, 2.45) is 0 Å². The Hall–Kier alpha value is -3.16. The van der Waals surface area contributed by atoms with Crippen LogP contribution in [0.15, 0.2) is 41.3 Å². The largest absolute Gasteiger partial charge is 0.501 e. The Morgan fingerprint density at radius 2 is 1.61 bits per heavy atom. The number of nitrogens with zero attached hydrogens (tertiary/aromatic N) is 2. The van der Waals surface area contributed by atoms with Gasteiger partial charge >= 0.3 is 11.7 Å². The van der Waals surface area contributed by atoms with Gasteiger partial charge in [-0.15, -0.1) is 5.10 Å². The first-order chi connectivity index (χ1) is 14.2. The number of anilines is 1. The minimum absolute atomic E-state index is 0.0829. The normalized spacial score (nSPS) is 12.9. The number of halogens is 7. The molecule has 0 atom stereocenters. The van der Waals surface area contributed by atoms with E-state index >= 15 is 0 Å². The Morgan fingerprint density at radius 1 is 1.00 bits per heavy atom. The maximum absolute atomic E-state index is 14.7. The maximum atomic E-state index is 14.7. The first-order valence-electron chi connectivity index (χ1n) is 8.18. The summed E-state index contributed by atoms with van der Waals surface area (Å²) in [5.41, 5.74) is -3.21. The van der Waals surface area contributed by atoms with E-state index in [4.69, 9.17) is 5.73 Å². The van der Waals surface area contributed by atoms with E-state index in [1.165, 1.54) is 0 Å². The van der Waals surface area contributed by atoms with Crippen molar-refractivity contribution in [3.8, 4) is 11.1 Å². The highest BCUT2D eigenvalue weighted by molar-refractivity contribution is 7.92. The molecule has 0 fully saturated rings. The fraction of sp³-hybridized carbons (Fsp3) is 0.176. The number of rotatable bonds is 4. The highest BCUT2D eigenvalue weighted by Crippen LogP contribution is 2.40. The van der Waals surface area contributed by atoms with Gasteiger partial charge in [0.1, 0.15) is 11.6 Å². The number of H-pyrrole nitrogens is 1. The molecule has 3 rings (SSSR count). The van der Waals surface area contributed by atoms with E-state index in [0.717, 1.165) is 6.07 Å². The van der Waals surface area contributed by atoms with Gasteiger partial charge in [0.2, 0.25) is 5.95 Å². The zero-order chi connectivity index (χ0) is 23.2. The van der Waals surface area contributed by atoms with Gasteiger partial charge < -0.3 is 5.73 Å². The Morgan fingerprint density at radius 3 is 2.10 bits per heavy atom. The highest BCUT2D eigenvalue weighted by atomic mass is 32.2. The average molecular weight is 468 g/mol. The van der Waals surface area contributed by atoms with Crippen LogP contribution in [0.1, 0.15) is 17.0 Å². The van der Waals surface area contributed by atoms with Crippen molar-refractivity contribution in [3.63, 3.8) is 0 Å². The summed E-state index contributed by atoms with van der Waals surface area (Å²) in [7, 11) is -5.71. The molecule has 0 bridgehead atoms. The molecule has 166 valence electrons. The van der Waals surface area contributed by atoms with Crippen LogP contribution in [0.2, 0.25) is 0 Å². The summed E-state index contributed by atoms with van der Waals surface area (Å²) >= 11 is 0. The van der Waals surface area contributed by atoms with Gasteiger partial charge in [0.15, 0.2) is 0 Å². The van der Waals surface area contributed by atoms with Gasteiger partial charge in [-0.05, 0) is 35.4 Å². The molecule has 2 aromatic carbocycles. The van der Waals surface area contributed by atoms with Gasteiger partial charge in [-0.25, -0.2) is 12.8 Å². The number of aromatic nitrogens is 3. The number of sulfone groups is 1. The number of nitrogens with one attached hydrogen (secondary N) is 1. The van der Waals surface area contributed by atoms with Gasteiger partial charge in [-0.2, -0.15) is 31.3 Å². The fourth-order valence-electron chi connectivity index (χ4n) is 2.80. The third-order valence-electron chi connectivity index (χ3n) is 4.13. The number of nitrogens with two attached hydrogens (primary N) is 1. The van der Waals surface area contributed by atoms with E-state index in [9.17, 15) is 39.2 Å². The van der Waals surface area contributed by atoms with Crippen LogP contribution in [0, 0.1) is 5.82 Å². The number of alkyl halides is 6. The quantitative estimate of drug-likeness (QED) is 0.562. The summed E-state index contributed by atoms with van der Waals surface area (Å²) in [4.78, 5) is 2.54. The SMILES string of the molecule is Nc1n[nH]c(Cc2cc(F)c(-c3ccc(S(=O)(=O)C(F)(F)F)cc3)c(C(F)(F)F)c2)n1. The van der Waals surface area contributed by atoms with E-state index in [0.29, 0.717) is 30.3 Å². The van der Waals surface area contributed by atoms with E-state index < -0.39 is 48.9 Å². The Bertz CT molecular complexity index is 1220. The molecule has 0 aliphatic carbocycles. The summed E-state index contributed by atoms with van der Waals surface area (Å²) in [6.07, 6.45) is -5.28. The van der Waals surface area contributed by atoms with Crippen molar-refractivity contribution in [1.29, 1.82) is 0 Å². The number of hydrogen-bond donors (Lipinski definition) is 2. The average Bonchev–Trinajstić information content (AvgIpc) is 3.04. The van der Waals surface area contributed by atoms with Crippen LogP contribution >= 0.6 is 0 Å². The predicted octanol–water partition coefficient (Wildman–Crippen LogP) is 4.10. The summed E-state index contributed by atoms with van der Waals surface area (Å²) < 4.78 is 116. The summed E-state index contributed by atoms with van der Waals surface area (Å²) in [5, 5.41) is 5.89. The lowest BCUT2D eigenvalue weighted by molar-refractivity contribution is -0.137. The van der Waals surface area contributed by atoms with Gasteiger partial charge in [0.25, 0.3) is 9.84 Å². The van der Waals surface area contributed by atoms with Crippen molar-refractivity contribution in [2.75, 3.05) is 5.73 Å². The molecule has 0 aliphatic heterocycles. The first kappa shape index (κ1) is 22.5. The second-order valence-corrected chi connectivity index (χ2v) is 8.23. The van der Waals surface area contributed by atoms with Crippen molar-refractivity contribution in [3.05, 3.63) is 59.2 Å². The Kier molecular flexibility index (Phi) is 5.46. The maximum Gasteiger partial charge on any atom is 0.501 e. The molecule has 0 amide bonds. The third kappa shape index (κ3) is 4.47. The Labute approximate surface area is 169 Å². The molecule has 1 heterocycles. The topological polar surface area (TPSA) is 102 Å². The summed E-state index contributed by atoms with van der Waals surface area (Å²) in [5.74, 6) is -1.39. The molecule has 1 aromatic heterocycles. The van der Waals surface area contributed by atoms with Crippen LogP contribution < -0.4 is 5.73 Å². The van der Waals surface area contributed by atoms with Crippen LogP contribution in [0.25, 0.3) is 11.1 Å². The van der Waals surface area contributed by atoms with E-state index in [-0.39, 0.29) is 23.8 Å². The van der Waals surface area contributed by atoms with Crippen molar-refractivity contribution < 1.29 is 39.2 Å². The lowest BCUT2D eigenvalue weighted by Gasteiger charge is -2.16. The van der Waals surface area contributed by atoms with Crippen LogP contribution in [-0.2, 0) is 22.4 Å². The minimum Gasteiger partial charge on any atom is -0.367 e. The molecular formula is C17H11F7N4O2S. The van der Waals surface area contributed by atoms with E-state index in [2.05, 4.69) is 15.2 Å². The highest BCUT2D eigenvalue weighted by Gasteiger charge is 2.46. The number of nitrogen functional groups attached to an aromatic ring is 1. The molecule has 6 nitrogen and oxygen atoms in total. The van der Waals surface area contributed by atoms with Crippen LogP contribution in [0.4, 0.5) is 36.7 Å². The Balaban J connectivity index is 2.08. The van der Waals surface area contributed by atoms with Crippen molar-refractivity contribution >= 4 is 15.8 Å². The van der Waals surface area contributed by atoms with E-state index in [1.54, 1.807) is 0 Å². The second-order valence-electron chi connectivity index (χ2n) is 6.29. The number of benzene rings is 2. The minimum atomic E-state index is -5.71. The van der Waals surface area contributed by atoms with Crippen LogP contribution in [0.3, 0.4) is 0 Å². The van der Waals surface area contributed by atoms with Gasteiger partial charge in [-0.1, -0.05) is 12.1 Å². The molecule has 3 aromatic rings.